The predicted molar refractivity (Wildman–Crippen MR) is 74.4 cm³/mol. The van der Waals surface area contributed by atoms with Crippen molar-refractivity contribution >= 4 is 45.0 Å². The largest absolute Gasteiger partial charge is 0.272 e. The van der Waals surface area contributed by atoms with Crippen LogP contribution in [0.4, 0.5) is 0 Å². The number of carbonyl (C=O) groups excluding carboxylic acids is 1. The Morgan fingerprint density at radius 3 is 2.82 bits per heavy atom. The summed E-state index contributed by atoms with van der Waals surface area (Å²) in [6.45, 7) is 1.82. The van der Waals surface area contributed by atoms with Crippen molar-refractivity contribution in [2.75, 3.05) is 0 Å². The molecule has 1 atom stereocenters. The summed E-state index contributed by atoms with van der Waals surface area (Å²) >= 11 is 4.72. The van der Waals surface area contributed by atoms with Crippen LogP contribution in [0.3, 0.4) is 0 Å². The van der Waals surface area contributed by atoms with Crippen LogP contribution in [0.15, 0.2) is 38.8 Å². The van der Waals surface area contributed by atoms with E-state index >= 15 is 0 Å². The lowest BCUT2D eigenvalue weighted by Crippen LogP contribution is -2.32. The minimum atomic E-state index is -0.149. The van der Waals surface area contributed by atoms with Gasteiger partial charge < -0.3 is 0 Å². The fourth-order valence-corrected chi connectivity index (χ4v) is 2.12. The Bertz CT molecular complexity index is 484. The third-order valence-corrected chi connectivity index (χ3v) is 3.61. The summed E-state index contributed by atoms with van der Waals surface area (Å²) in [6.07, 6.45) is 1.72. The van der Waals surface area contributed by atoms with Crippen molar-refractivity contribution in [2.45, 2.75) is 12.2 Å². The van der Waals surface area contributed by atoms with E-state index in [1.165, 1.54) is 11.8 Å². The summed E-state index contributed by atoms with van der Waals surface area (Å²) in [7, 11) is 0. The predicted octanol–water partition coefficient (Wildman–Crippen LogP) is 2.39. The van der Waals surface area contributed by atoms with Gasteiger partial charge in [-0.2, -0.15) is 0 Å². The maximum atomic E-state index is 11.2. The summed E-state index contributed by atoms with van der Waals surface area (Å²) in [5.74, 6) is -0.0856. The molecule has 4 nitrogen and oxygen atoms in total. The summed E-state index contributed by atoms with van der Waals surface area (Å²) in [5.41, 5.74) is 3.42. The molecule has 0 aromatic heterocycles. The molecule has 1 amide bonds. The molecule has 2 rings (SSSR count). The van der Waals surface area contributed by atoms with Crippen LogP contribution in [-0.2, 0) is 4.79 Å². The summed E-state index contributed by atoms with van der Waals surface area (Å²) < 4.78 is 1.03. The summed E-state index contributed by atoms with van der Waals surface area (Å²) in [5, 5.41) is 4.29. The second-order valence-electron chi connectivity index (χ2n) is 3.44. The van der Waals surface area contributed by atoms with Gasteiger partial charge in [-0.3, -0.25) is 4.79 Å². The average Bonchev–Trinajstić information content (AvgIpc) is 2.33. The molecule has 0 saturated heterocycles. The van der Waals surface area contributed by atoms with Gasteiger partial charge in [0.2, 0.25) is 5.17 Å². The van der Waals surface area contributed by atoms with Gasteiger partial charge in [-0.1, -0.05) is 39.8 Å². The van der Waals surface area contributed by atoms with Crippen LogP contribution in [-0.4, -0.2) is 22.5 Å². The molecule has 1 N–H and O–H groups in total. The summed E-state index contributed by atoms with van der Waals surface area (Å²) in [6, 6.07) is 7.79. The second-order valence-corrected chi connectivity index (χ2v) is 5.66. The maximum Gasteiger partial charge on any atom is 0.253 e. The van der Waals surface area contributed by atoms with E-state index in [9.17, 15) is 4.79 Å². The van der Waals surface area contributed by atoms with Gasteiger partial charge >= 0.3 is 0 Å². The standard InChI is InChI=1S/C11H10BrN3OS/c1-7-10(16)14-15-11(17-7)13-6-8-2-4-9(12)5-3-8/h2-7H,1H3,(H,14,16)/t7-/m1/s1. The molecule has 6 heteroatoms. The van der Waals surface area contributed by atoms with E-state index in [0.717, 1.165) is 10.0 Å². The molecule has 1 heterocycles. The Morgan fingerprint density at radius 1 is 1.47 bits per heavy atom. The van der Waals surface area contributed by atoms with E-state index in [1.807, 2.05) is 31.2 Å². The Labute approximate surface area is 112 Å². The van der Waals surface area contributed by atoms with Crippen molar-refractivity contribution < 1.29 is 4.79 Å². The van der Waals surface area contributed by atoms with Gasteiger partial charge in [0.25, 0.3) is 5.91 Å². The number of hydrogen-bond acceptors (Lipinski definition) is 4. The number of rotatable bonds is 1. The first-order valence-corrected chi connectivity index (χ1v) is 6.66. The zero-order chi connectivity index (χ0) is 12.3. The van der Waals surface area contributed by atoms with Crippen molar-refractivity contribution in [3.05, 3.63) is 34.3 Å². The van der Waals surface area contributed by atoms with Gasteiger partial charge in [0.15, 0.2) is 0 Å². The molecular formula is C11H10BrN3OS. The number of nitrogens with zero attached hydrogens (tertiary/aromatic N) is 2. The van der Waals surface area contributed by atoms with Crippen LogP contribution in [0.2, 0.25) is 0 Å². The average molecular weight is 312 g/mol. The summed E-state index contributed by atoms with van der Waals surface area (Å²) in [4.78, 5) is 15.4. The molecule has 1 aliphatic rings. The van der Waals surface area contributed by atoms with Gasteiger partial charge in [0, 0.05) is 10.7 Å². The third-order valence-electron chi connectivity index (χ3n) is 2.11. The van der Waals surface area contributed by atoms with E-state index < -0.39 is 0 Å². The molecule has 0 saturated carbocycles. The highest BCUT2D eigenvalue weighted by Crippen LogP contribution is 2.17. The van der Waals surface area contributed by atoms with Gasteiger partial charge in [-0.05, 0) is 24.6 Å². The minimum Gasteiger partial charge on any atom is -0.272 e. The van der Waals surface area contributed by atoms with E-state index in [0.29, 0.717) is 5.17 Å². The Balaban J connectivity index is 2.06. The minimum absolute atomic E-state index is 0.0856. The number of nitrogens with one attached hydrogen (secondary N) is 1. The maximum absolute atomic E-state index is 11.2. The lowest BCUT2D eigenvalue weighted by molar-refractivity contribution is -0.120. The number of benzene rings is 1. The number of amidine groups is 1. The molecule has 1 aliphatic heterocycles. The lowest BCUT2D eigenvalue weighted by Gasteiger charge is -2.13. The van der Waals surface area contributed by atoms with E-state index in [1.54, 1.807) is 6.21 Å². The molecule has 1 aromatic carbocycles. The van der Waals surface area contributed by atoms with Crippen LogP contribution in [0.1, 0.15) is 12.5 Å². The van der Waals surface area contributed by atoms with Crippen LogP contribution < -0.4 is 5.43 Å². The lowest BCUT2D eigenvalue weighted by atomic mass is 10.2. The van der Waals surface area contributed by atoms with Crippen molar-refractivity contribution in [3.8, 4) is 0 Å². The number of carbonyl (C=O) groups is 1. The Hall–Kier alpha value is -1.14. The van der Waals surface area contributed by atoms with Gasteiger partial charge in [0.1, 0.15) is 0 Å². The highest BCUT2D eigenvalue weighted by molar-refractivity contribution is 9.10. The molecule has 0 radical (unpaired) electrons. The van der Waals surface area contributed by atoms with Crippen LogP contribution in [0.25, 0.3) is 0 Å². The zero-order valence-corrected chi connectivity index (χ0v) is 11.5. The van der Waals surface area contributed by atoms with Gasteiger partial charge in [-0.15, -0.1) is 5.10 Å². The van der Waals surface area contributed by atoms with Crippen molar-refractivity contribution in [1.29, 1.82) is 0 Å². The SMILES string of the molecule is C[C@H]1SC(N=Cc2ccc(Br)cc2)=NNC1=O. The smallest absolute Gasteiger partial charge is 0.253 e. The molecule has 0 aliphatic carbocycles. The normalized spacial score (nSPS) is 20.2. The number of aliphatic imine (C=N–C) groups is 1. The first kappa shape index (κ1) is 12.3. The third kappa shape index (κ3) is 3.41. The topological polar surface area (TPSA) is 53.8 Å². The quantitative estimate of drug-likeness (QED) is 0.810. The molecule has 0 bridgehead atoms. The molecule has 0 spiro atoms. The highest BCUT2D eigenvalue weighted by Gasteiger charge is 2.20. The van der Waals surface area contributed by atoms with Crippen molar-refractivity contribution in [3.63, 3.8) is 0 Å². The molecule has 88 valence electrons. The van der Waals surface area contributed by atoms with Crippen LogP contribution in [0.5, 0.6) is 0 Å². The fraction of sp³-hybridized carbons (Fsp3) is 0.182. The molecule has 1 aromatic rings. The first-order chi connectivity index (χ1) is 8.15. The molecular weight excluding hydrogens is 302 g/mol. The van der Waals surface area contributed by atoms with E-state index in [2.05, 4.69) is 31.4 Å². The van der Waals surface area contributed by atoms with E-state index in [4.69, 9.17) is 0 Å². The number of hydrazone groups is 1. The fourth-order valence-electron chi connectivity index (χ4n) is 1.17. The first-order valence-electron chi connectivity index (χ1n) is 4.99. The van der Waals surface area contributed by atoms with Gasteiger partial charge in [-0.25, -0.2) is 10.4 Å². The van der Waals surface area contributed by atoms with E-state index in [-0.39, 0.29) is 11.2 Å². The molecule has 17 heavy (non-hydrogen) atoms. The zero-order valence-electron chi connectivity index (χ0n) is 9.05. The molecule has 0 unspecified atom stereocenters. The number of thioether (sulfide) groups is 1. The number of amides is 1. The monoisotopic (exact) mass is 311 g/mol. The van der Waals surface area contributed by atoms with Crippen LogP contribution in [0, 0.1) is 0 Å². The molecule has 0 fully saturated rings. The number of hydrogen-bond donors (Lipinski definition) is 1. The second kappa shape index (κ2) is 5.46. The number of halogens is 1. The van der Waals surface area contributed by atoms with Crippen molar-refractivity contribution in [1.82, 2.24) is 5.43 Å². The highest BCUT2D eigenvalue weighted by atomic mass is 79.9. The van der Waals surface area contributed by atoms with Crippen molar-refractivity contribution in [2.24, 2.45) is 10.1 Å². The van der Waals surface area contributed by atoms with Crippen LogP contribution >= 0.6 is 27.7 Å². The Kier molecular flexibility index (Phi) is 3.96. The Morgan fingerprint density at radius 2 is 2.18 bits per heavy atom. The van der Waals surface area contributed by atoms with Gasteiger partial charge in [0.05, 0.1) is 5.25 Å².